The Kier molecular flexibility index (Phi) is 8.13. The van der Waals surface area contributed by atoms with Crippen LogP contribution in [-0.2, 0) is 4.79 Å². The fourth-order valence-electron chi connectivity index (χ4n) is 2.19. The second-order valence-electron chi connectivity index (χ2n) is 5.65. The van der Waals surface area contributed by atoms with Gasteiger partial charge in [-0.3, -0.25) is 4.79 Å². The number of amides is 1. The maximum atomic E-state index is 12.1. The Morgan fingerprint density at radius 3 is 2.48 bits per heavy atom. The van der Waals surface area contributed by atoms with Crippen LogP contribution < -0.4 is 14.8 Å². The third-order valence-corrected chi connectivity index (χ3v) is 3.80. The second kappa shape index (κ2) is 10.6. The van der Waals surface area contributed by atoms with Crippen LogP contribution >= 0.6 is 11.6 Å². The highest BCUT2D eigenvalue weighted by atomic mass is 35.5. The molecule has 1 N–H and O–H groups in total. The number of benzene rings is 2. The van der Waals surface area contributed by atoms with Crippen molar-refractivity contribution in [3.8, 4) is 11.5 Å². The van der Waals surface area contributed by atoms with Gasteiger partial charge in [0.1, 0.15) is 11.5 Å². The van der Waals surface area contributed by atoms with E-state index in [2.05, 4.69) is 12.2 Å². The molecule has 0 aliphatic heterocycles. The number of hydrogen-bond donors (Lipinski definition) is 1. The molecule has 0 spiro atoms. The number of rotatable bonds is 10. The third kappa shape index (κ3) is 7.06. The quantitative estimate of drug-likeness (QED) is 0.583. The highest BCUT2D eigenvalue weighted by Gasteiger charge is 2.07. The Balaban J connectivity index is 1.73. The van der Waals surface area contributed by atoms with Crippen molar-refractivity contribution in [3.63, 3.8) is 0 Å². The van der Waals surface area contributed by atoms with Gasteiger partial charge in [0.05, 0.1) is 18.9 Å². The number of unbranched alkanes of at least 4 members (excludes halogenated alkanes) is 1. The van der Waals surface area contributed by atoms with E-state index >= 15 is 0 Å². The summed E-state index contributed by atoms with van der Waals surface area (Å²) in [5, 5.41) is 3.58. The molecular weight excluding hydrogens is 338 g/mol. The molecule has 4 nitrogen and oxygen atoms in total. The van der Waals surface area contributed by atoms with E-state index in [1.807, 2.05) is 36.4 Å². The number of halogens is 1. The van der Waals surface area contributed by atoms with Gasteiger partial charge in [-0.2, -0.15) is 0 Å². The maximum Gasteiger partial charge on any atom is 0.224 e. The van der Waals surface area contributed by atoms with E-state index in [0.717, 1.165) is 18.6 Å². The van der Waals surface area contributed by atoms with E-state index in [1.165, 1.54) is 0 Å². The molecule has 0 atom stereocenters. The zero-order chi connectivity index (χ0) is 17.9. The molecule has 2 aromatic carbocycles. The lowest BCUT2D eigenvalue weighted by molar-refractivity contribution is -0.116. The van der Waals surface area contributed by atoms with Crippen LogP contribution in [0.25, 0.3) is 0 Å². The summed E-state index contributed by atoms with van der Waals surface area (Å²) in [5.74, 6) is 1.41. The summed E-state index contributed by atoms with van der Waals surface area (Å²) in [6.45, 7) is 3.24. The zero-order valence-corrected chi connectivity index (χ0v) is 15.2. The first-order chi connectivity index (χ1) is 12.2. The molecule has 134 valence electrons. The molecule has 5 heteroatoms. The molecule has 0 unspecified atom stereocenters. The monoisotopic (exact) mass is 361 g/mol. The Bertz CT molecular complexity index is 658. The highest BCUT2D eigenvalue weighted by Crippen LogP contribution is 2.24. The van der Waals surface area contributed by atoms with Crippen LogP contribution in [0.1, 0.15) is 32.6 Å². The summed E-state index contributed by atoms with van der Waals surface area (Å²) in [4.78, 5) is 12.1. The summed E-state index contributed by atoms with van der Waals surface area (Å²) in [7, 11) is 0. The third-order valence-electron chi connectivity index (χ3n) is 3.55. The molecule has 2 aromatic rings. The van der Waals surface area contributed by atoms with Crippen molar-refractivity contribution in [2.45, 2.75) is 32.6 Å². The van der Waals surface area contributed by atoms with Gasteiger partial charge in [0.25, 0.3) is 0 Å². The summed E-state index contributed by atoms with van der Waals surface area (Å²) in [6.07, 6.45) is 3.08. The first kappa shape index (κ1) is 19.1. The van der Waals surface area contributed by atoms with E-state index in [-0.39, 0.29) is 5.91 Å². The highest BCUT2D eigenvalue weighted by molar-refractivity contribution is 6.30. The molecule has 0 saturated heterocycles. The van der Waals surface area contributed by atoms with Crippen molar-refractivity contribution in [1.82, 2.24) is 0 Å². The molecule has 2 rings (SSSR count). The van der Waals surface area contributed by atoms with Crippen molar-refractivity contribution < 1.29 is 14.3 Å². The van der Waals surface area contributed by atoms with Crippen molar-refractivity contribution in [2.75, 3.05) is 18.5 Å². The maximum absolute atomic E-state index is 12.1. The molecule has 0 saturated carbocycles. The number of hydrogen-bond acceptors (Lipinski definition) is 3. The van der Waals surface area contributed by atoms with Gasteiger partial charge in [-0.1, -0.05) is 37.1 Å². The first-order valence-electron chi connectivity index (χ1n) is 8.59. The standard InChI is InChI=1S/C20H24ClNO3/c1-2-3-14-25-19-8-5-4-7-18(19)22-20(23)9-6-15-24-17-12-10-16(21)11-13-17/h4-5,7-8,10-13H,2-3,6,9,14-15H2,1H3,(H,22,23). The Morgan fingerprint density at radius 2 is 1.72 bits per heavy atom. The van der Waals surface area contributed by atoms with Crippen molar-refractivity contribution in [1.29, 1.82) is 0 Å². The predicted molar refractivity (Wildman–Crippen MR) is 102 cm³/mol. The van der Waals surface area contributed by atoms with E-state index in [0.29, 0.717) is 42.5 Å². The predicted octanol–water partition coefficient (Wildman–Crippen LogP) is 5.32. The number of ether oxygens (including phenoxy) is 2. The molecule has 0 aliphatic rings. The smallest absolute Gasteiger partial charge is 0.224 e. The number of carbonyl (C=O) groups excluding carboxylic acids is 1. The zero-order valence-electron chi connectivity index (χ0n) is 14.5. The largest absolute Gasteiger partial charge is 0.494 e. The summed E-state index contributed by atoms with van der Waals surface area (Å²) >= 11 is 5.83. The Hall–Kier alpha value is -2.20. The van der Waals surface area contributed by atoms with Gasteiger partial charge in [-0.25, -0.2) is 0 Å². The summed E-state index contributed by atoms with van der Waals surface area (Å²) in [5.41, 5.74) is 0.710. The molecule has 0 aromatic heterocycles. The number of para-hydroxylation sites is 2. The van der Waals surface area contributed by atoms with Gasteiger partial charge >= 0.3 is 0 Å². The minimum Gasteiger partial charge on any atom is -0.494 e. The van der Waals surface area contributed by atoms with E-state index < -0.39 is 0 Å². The fraction of sp³-hybridized carbons (Fsp3) is 0.350. The Morgan fingerprint density at radius 1 is 1.00 bits per heavy atom. The van der Waals surface area contributed by atoms with Crippen LogP contribution in [0.15, 0.2) is 48.5 Å². The lowest BCUT2D eigenvalue weighted by Crippen LogP contribution is -2.14. The van der Waals surface area contributed by atoms with Crippen molar-refractivity contribution in [2.24, 2.45) is 0 Å². The van der Waals surface area contributed by atoms with Crippen LogP contribution in [0, 0.1) is 0 Å². The molecule has 0 aliphatic carbocycles. The minimum atomic E-state index is -0.0498. The SMILES string of the molecule is CCCCOc1ccccc1NC(=O)CCCOc1ccc(Cl)cc1. The molecule has 1 amide bonds. The van der Waals surface area contributed by atoms with E-state index in [9.17, 15) is 4.79 Å². The molecular formula is C20H24ClNO3. The average molecular weight is 362 g/mol. The van der Waals surface area contributed by atoms with Crippen molar-refractivity contribution >= 4 is 23.2 Å². The molecule has 25 heavy (non-hydrogen) atoms. The second-order valence-corrected chi connectivity index (χ2v) is 6.09. The van der Waals surface area contributed by atoms with Crippen LogP contribution in [0.5, 0.6) is 11.5 Å². The van der Waals surface area contributed by atoms with Gasteiger partial charge < -0.3 is 14.8 Å². The number of carbonyl (C=O) groups is 1. The first-order valence-corrected chi connectivity index (χ1v) is 8.97. The normalized spacial score (nSPS) is 10.3. The number of nitrogens with one attached hydrogen (secondary N) is 1. The summed E-state index contributed by atoms with van der Waals surface area (Å²) in [6, 6.07) is 14.7. The van der Waals surface area contributed by atoms with Gasteiger partial charge in [0.15, 0.2) is 0 Å². The molecule has 0 radical (unpaired) electrons. The van der Waals surface area contributed by atoms with Crippen LogP contribution in [0.3, 0.4) is 0 Å². The topological polar surface area (TPSA) is 47.6 Å². The minimum absolute atomic E-state index is 0.0498. The van der Waals surface area contributed by atoms with Gasteiger partial charge in [-0.05, 0) is 49.2 Å². The van der Waals surface area contributed by atoms with Gasteiger partial charge in [0, 0.05) is 11.4 Å². The van der Waals surface area contributed by atoms with Gasteiger partial charge in [-0.15, -0.1) is 0 Å². The van der Waals surface area contributed by atoms with Crippen LogP contribution in [0.4, 0.5) is 5.69 Å². The average Bonchev–Trinajstić information content (AvgIpc) is 2.62. The van der Waals surface area contributed by atoms with Crippen LogP contribution in [-0.4, -0.2) is 19.1 Å². The Labute approximate surface area is 154 Å². The molecule has 0 heterocycles. The van der Waals surface area contributed by atoms with Gasteiger partial charge in [0.2, 0.25) is 5.91 Å². The molecule has 0 bridgehead atoms. The van der Waals surface area contributed by atoms with E-state index in [1.54, 1.807) is 12.1 Å². The number of anilines is 1. The summed E-state index contributed by atoms with van der Waals surface area (Å²) < 4.78 is 11.3. The van der Waals surface area contributed by atoms with Crippen LogP contribution in [0.2, 0.25) is 5.02 Å². The lowest BCUT2D eigenvalue weighted by atomic mass is 10.2. The lowest BCUT2D eigenvalue weighted by Gasteiger charge is -2.12. The molecule has 0 fully saturated rings. The fourth-order valence-corrected chi connectivity index (χ4v) is 2.31. The van der Waals surface area contributed by atoms with Crippen molar-refractivity contribution in [3.05, 3.63) is 53.6 Å². The van der Waals surface area contributed by atoms with E-state index in [4.69, 9.17) is 21.1 Å².